The van der Waals surface area contributed by atoms with Crippen LogP contribution in [0.1, 0.15) is 0 Å². The van der Waals surface area contributed by atoms with E-state index in [0.29, 0.717) is 0 Å². The predicted octanol–water partition coefficient (Wildman–Crippen LogP) is 4.55. The van der Waals surface area contributed by atoms with E-state index >= 15 is 0 Å². The van der Waals surface area contributed by atoms with Crippen LogP contribution < -0.4 is 0 Å². The molecule has 0 atom stereocenters. The molecule has 3 aromatic rings. The summed E-state index contributed by atoms with van der Waals surface area (Å²) in [7, 11) is 0. The maximum absolute atomic E-state index is 2.23. The summed E-state index contributed by atoms with van der Waals surface area (Å²) in [6, 6.07) is 15.4. The minimum absolute atomic E-state index is 1.36. The van der Waals surface area contributed by atoms with Gasteiger partial charge in [0.15, 0.2) is 0 Å². The van der Waals surface area contributed by atoms with Crippen LogP contribution in [0.25, 0.3) is 32.3 Å². The third kappa shape index (κ3) is 0.822. The summed E-state index contributed by atoms with van der Waals surface area (Å²) < 4.78 is 0. The monoisotopic (exact) mass is 208 g/mol. The van der Waals surface area contributed by atoms with Crippen LogP contribution in [0.5, 0.6) is 0 Å². The molecule has 2 aromatic carbocycles. The SMILES string of the molecule is c1cc2c3c(cccc3c1)-c1sccc1-2. The van der Waals surface area contributed by atoms with Crippen molar-refractivity contribution in [1.82, 2.24) is 0 Å². The van der Waals surface area contributed by atoms with Crippen molar-refractivity contribution in [3.63, 3.8) is 0 Å². The summed E-state index contributed by atoms with van der Waals surface area (Å²) >= 11 is 1.84. The topological polar surface area (TPSA) is 0 Å². The largest absolute Gasteiger partial charge is 0.143 e. The van der Waals surface area contributed by atoms with Gasteiger partial charge in [-0.15, -0.1) is 11.3 Å². The number of rotatable bonds is 0. The smallest absolute Gasteiger partial charge is 0.0427 e. The highest BCUT2D eigenvalue weighted by Gasteiger charge is 2.21. The van der Waals surface area contributed by atoms with Gasteiger partial charge in [0, 0.05) is 16.0 Å². The van der Waals surface area contributed by atoms with E-state index in [-0.39, 0.29) is 0 Å². The summed E-state index contributed by atoms with van der Waals surface area (Å²) in [6.45, 7) is 0. The van der Waals surface area contributed by atoms with E-state index in [9.17, 15) is 0 Å². The highest BCUT2D eigenvalue weighted by atomic mass is 32.1. The molecule has 0 radical (unpaired) electrons. The fourth-order valence-electron chi connectivity index (χ4n) is 2.48. The molecule has 0 aliphatic heterocycles. The van der Waals surface area contributed by atoms with Gasteiger partial charge in [-0.1, -0.05) is 36.4 Å². The first-order valence-corrected chi connectivity index (χ1v) is 5.93. The van der Waals surface area contributed by atoms with Crippen molar-refractivity contribution in [2.75, 3.05) is 0 Å². The lowest BCUT2D eigenvalue weighted by Crippen LogP contribution is -1.74. The zero-order chi connectivity index (χ0) is 9.83. The van der Waals surface area contributed by atoms with E-state index < -0.39 is 0 Å². The molecule has 4 rings (SSSR count). The molecule has 0 N–H and O–H groups in total. The fourth-order valence-corrected chi connectivity index (χ4v) is 3.43. The average Bonchev–Trinajstić information content (AvgIpc) is 2.84. The lowest BCUT2D eigenvalue weighted by Gasteiger charge is -2.00. The minimum atomic E-state index is 1.36. The summed E-state index contributed by atoms with van der Waals surface area (Å²) in [5.74, 6) is 0. The van der Waals surface area contributed by atoms with Gasteiger partial charge in [0.25, 0.3) is 0 Å². The van der Waals surface area contributed by atoms with Crippen LogP contribution in [0.4, 0.5) is 0 Å². The lowest BCUT2D eigenvalue weighted by atomic mass is 10.0. The molecule has 1 aliphatic carbocycles. The van der Waals surface area contributed by atoms with E-state index in [1.165, 1.54) is 32.3 Å². The van der Waals surface area contributed by atoms with Crippen molar-refractivity contribution in [3.05, 3.63) is 47.8 Å². The second-order valence-corrected chi connectivity index (χ2v) is 4.79. The summed E-state index contributed by atoms with van der Waals surface area (Å²) in [4.78, 5) is 1.43. The summed E-state index contributed by atoms with van der Waals surface area (Å²) in [5, 5.41) is 4.97. The molecule has 70 valence electrons. The maximum Gasteiger partial charge on any atom is 0.0427 e. The quantitative estimate of drug-likeness (QED) is 0.397. The second kappa shape index (κ2) is 2.50. The van der Waals surface area contributed by atoms with Crippen LogP contribution in [0, 0.1) is 0 Å². The molecule has 1 heterocycles. The molecule has 15 heavy (non-hydrogen) atoms. The Morgan fingerprint density at radius 1 is 0.733 bits per heavy atom. The standard InChI is InChI=1S/C14H8S/c1-3-9-4-2-6-12-13(9)10(5-1)11-7-8-15-14(11)12/h1-8H. The molecule has 0 amide bonds. The summed E-state index contributed by atoms with van der Waals surface area (Å²) in [5.41, 5.74) is 4.22. The molecule has 0 saturated carbocycles. The van der Waals surface area contributed by atoms with Crippen LogP contribution in [-0.2, 0) is 0 Å². The van der Waals surface area contributed by atoms with Crippen molar-refractivity contribution in [2.24, 2.45) is 0 Å². The molecule has 0 fully saturated rings. The normalized spacial score (nSPS) is 12.0. The Labute approximate surface area is 91.8 Å². The highest BCUT2D eigenvalue weighted by molar-refractivity contribution is 7.14. The maximum atomic E-state index is 2.23. The van der Waals surface area contributed by atoms with Gasteiger partial charge in [0.05, 0.1) is 0 Å². The molecule has 1 aliphatic rings. The Kier molecular flexibility index (Phi) is 1.28. The van der Waals surface area contributed by atoms with Gasteiger partial charge in [0.2, 0.25) is 0 Å². The van der Waals surface area contributed by atoms with E-state index in [1.54, 1.807) is 0 Å². The zero-order valence-corrected chi connectivity index (χ0v) is 8.84. The van der Waals surface area contributed by atoms with Gasteiger partial charge in [-0.3, -0.25) is 0 Å². The van der Waals surface area contributed by atoms with E-state index in [2.05, 4.69) is 47.8 Å². The Balaban J connectivity index is 2.35. The van der Waals surface area contributed by atoms with Crippen LogP contribution in [0.15, 0.2) is 47.8 Å². The summed E-state index contributed by atoms with van der Waals surface area (Å²) in [6.07, 6.45) is 0. The Bertz CT molecular complexity index is 623. The van der Waals surface area contributed by atoms with Gasteiger partial charge in [-0.05, 0) is 27.8 Å². The Hall–Kier alpha value is -1.60. The number of thiophene rings is 1. The van der Waals surface area contributed by atoms with Gasteiger partial charge in [-0.2, -0.15) is 0 Å². The molecule has 0 bridgehead atoms. The third-order valence-electron chi connectivity index (χ3n) is 3.10. The van der Waals surface area contributed by atoms with Crippen molar-refractivity contribution < 1.29 is 0 Å². The molecular weight excluding hydrogens is 200 g/mol. The number of hydrogen-bond donors (Lipinski definition) is 0. The molecule has 0 unspecified atom stereocenters. The minimum Gasteiger partial charge on any atom is -0.143 e. The molecule has 1 heteroatoms. The van der Waals surface area contributed by atoms with Crippen molar-refractivity contribution >= 4 is 22.1 Å². The lowest BCUT2D eigenvalue weighted by molar-refractivity contribution is 1.77. The first-order chi connectivity index (χ1) is 7.45. The first-order valence-electron chi connectivity index (χ1n) is 5.05. The first kappa shape index (κ1) is 7.66. The number of benzene rings is 2. The zero-order valence-electron chi connectivity index (χ0n) is 8.03. The van der Waals surface area contributed by atoms with Crippen molar-refractivity contribution in [3.8, 4) is 21.6 Å². The third-order valence-corrected chi connectivity index (χ3v) is 4.05. The van der Waals surface area contributed by atoms with Gasteiger partial charge >= 0.3 is 0 Å². The predicted molar refractivity (Wildman–Crippen MR) is 66.3 cm³/mol. The van der Waals surface area contributed by atoms with Gasteiger partial charge in [0.1, 0.15) is 0 Å². The van der Waals surface area contributed by atoms with E-state index in [1.807, 2.05) is 11.3 Å². The molecule has 0 saturated heterocycles. The Morgan fingerprint density at radius 3 is 2.40 bits per heavy atom. The fraction of sp³-hybridized carbons (Fsp3) is 0. The van der Waals surface area contributed by atoms with Crippen LogP contribution in [0.3, 0.4) is 0 Å². The van der Waals surface area contributed by atoms with Gasteiger partial charge in [-0.25, -0.2) is 0 Å². The van der Waals surface area contributed by atoms with E-state index in [4.69, 9.17) is 0 Å². The van der Waals surface area contributed by atoms with Crippen LogP contribution >= 0.6 is 11.3 Å². The highest BCUT2D eigenvalue weighted by Crippen LogP contribution is 2.49. The molecule has 1 aromatic heterocycles. The van der Waals surface area contributed by atoms with Crippen molar-refractivity contribution in [1.29, 1.82) is 0 Å². The molecule has 0 nitrogen and oxygen atoms in total. The van der Waals surface area contributed by atoms with Crippen LogP contribution in [0.2, 0.25) is 0 Å². The average molecular weight is 208 g/mol. The van der Waals surface area contributed by atoms with Crippen molar-refractivity contribution in [2.45, 2.75) is 0 Å². The number of fused-ring (bicyclic) bond motifs is 3. The number of hydrogen-bond acceptors (Lipinski definition) is 1. The molecular formula is C14H8S. The Morgan fingerprint density at radius 2 is 1.53 bits per heavy atom. The van der Waals surface area contributed by atoms with Crippen LogP contribution in [-0.4, -0.2) is 0 Å². The van der Waals surface area contributed by atoms with E-state index in [0.717, 1.165) is 0 Å². The molecule has 0 spiro atoms. The second-order valence-electron chi connectivity index (χ2n) is 3.87. The van der Waals surface area contributed by atoms with Gasteiger partial charge < -0.3 is 0 Å².